The van der Waals surface area contributed by atoms with E-state index < -0.39 is 11.9 Å². The van der Waals surface area contributed by atoms with Gasteiger partial charge in [0, 0.05) is 17.0 Å². The van der Waals surface area contributed by atoms with Crippen molar-refractivity contribution in [1.82, 2.24) is 0 Å². The molecule has 4 rings (SSSR count). The molecular formula is C23H22O4. The van der Waals surface area contributed by atoms with Crippen molar-refractivity contribution < 1.29 is 19.1 Å². The van der Waals surface area contributed by atoms with Crippen molar-refractivity contribution >= 4 is 17.5 Å². The van der Waals surface area contributed by atoms with Gasteiger partial charge in [-0.25, -0.2) is 0 Å². The first kappa shape index (κ1) is 17.7. The summed E-state index contributed by atoms with van der Waals surface area (Å²) in [5.74, 6) is -0.930. The van der Waals surface area contributed by atoms with Crippen LogP contribution in [0.2, 0.25) is 0 Å². The average Bonchev–Trinajstić information content (AvgIpc) is 3.34. The summed E-state index contributed by atoms with van der Waals surface area (Å²) in [4.78, 5) is 38.0. The van der Waals surface area contributed by atoms with Crippen LogP contribution in [0.25, 0.3) is 0 Å². The molecule has 4 nitrogen and oxygen atoms in total. The second-order valence-corrected chi connectivity index (χ2v) is 7.51. The van der Waals surface area contributed by atoms with Crippen molar-refractivity contribution in [1.29, 1.82) is 0 Å². The molecule has 0 aliphatic heterocycles. The molecule has 0 heterocycles. The Morgan fingerprint density at radius 1 is 0.778 bits per heavy atom. The fraction of sp³-hybridized carbons (Fsp3) is 0.348. The Morgan fingerprint density at radius 3 is 1.96 bits per heavy atom. The zero-order valence-electron chi connectivity index (χ0n) is 15.0. The van der Waals surface area contributed by atoms with Crippen LogP contribution in [0.15, 0.2) is 60.7 Å². The van der Waals surface area contributed by atoms with Crippen molar-refractivity contribution in [3.8, 4) is 0 Å². The molecule has 0 unspecified atom stereocenters. The van der Waals surface area contributed by atoms with Crippen molar-refractivity contribution in [2.24, 2.45) is 23.7 Å². The van der Waals surface area contributed by atoms with Gasteiger partial charge in [0.05, 0.1) is 5.92 Å². The second-order valence-electron chi connectivity index (χ2n) is 7.51. The topological polar surface area (TPSA) is 60.4 Å². The SMILES string of the molecule is O=C(COC(=O)[C@H]1[C@H]2CC[C@@H](C2)[C@H]1C(=O)c1ccccc1)c1ccccc1. The van der Waals surface area contributed by atoms with Gasteiger partial charge >= 0.3 is 5.97 Å². The molecule has 2 aliphatic rings. The van der Waals surface area contributed by atoms with Gasteiger partial charge in [0.15, 0.2) is 18.2 Å². The molecule has 4 heteroatoms. The van der Waals surface area contributed by atoms with Gasteiger partial charge in [-0.1, -0.05) is 60.7 Å². The van der Waals surface area contributed by atoms with Gasteiger partial charge in [-0.15, -0.1) is 0 Å². The van der Waals surface area contributed by atoms with E-state index in [4.69, 9.17) is 4.74 Å². The van der Waals surface area contributed by atoms with Gasteiger partial charge in [0.2, 0.25) is 0 Å². The fourth-order valence-corrected chi connectivity index (χ4v) is 4.74. The first-order valence-corrected chi connectivity index (χ1v) is 9.49. The molecule has 0 saturated heterocycles. The van der Waals surface area contributed by atoms with E-state index in [1.807, 2.05) is 24.3 Å². The molecule has 138 valence electrons. The average molecular weight is 362 g/mol. The summed E-state index contributed by atoms with van der Waals surface area (Å²) in [6.45, 7) is -0.275. The van der Waals surface area contributed by atoms with E-state index in [2.05, 4.69) is 0 Å². The van der Waals surface area contributed by atoms with Crippen molar-refractivity contribution in [2.45, 2.75) is 19.3 Å². The molecule has 2 saturated carbocycles. The number of benzene rings is 2. The summed E-state index contributed by atoms with van der Waals surface area (Å²) >= 11 is 0. The van der Waals surface area contributed by atoms with E-state index in [0.29, 0.717) is 11.1 Å². The summed E-state index contributed by atoms with van der Waals surface area (Å²) in [6.07, 6.45) is 2.84. The number of rotatable bonds is 6. The normalized spacial score (nSPS) is 25.9. The first-order chi connectivity index (χ1) is 13.1. The van der Waals surface area contributed by atoms with Crippen LogP contribution in [0.5, 0.6) is 0 Å². The smallest absolute Gasteiger partial charge is 0.310 e. The quantitative estimate of drug-likeness (QED) is 0.576. The van der Waals surface area contributed by atoms with Crippen molar-refractivity contribution in [2.75, 3.05) is 6.61 Å². The number of hydrogen-bond donors (Lipinski definition) is 0. The number of hydrogen-bond acceptors (Lipinski definition) is 4. The molecule has 2 aromatic rings. The highest BCUT2D eigenvalue weighted by molar-refractivity contribution is 6.01. The van der Waals surface area contributed by atoms with Gasteiger partial charge in [0.1, 0.15) is 0 Å². The zero-order chi connectivity index (χ0) is 18.8. The number of fused-ring (bicyclic) bond motifs is 2. The van der Waals surface area contributed by atoms with E-state index in [9.17, 15) is 14.4 Å². The van der Waals surface area contributed by atoms with Gasteiger partial charge < -0.3 is 4.74 Å². The standard InChI is InChI=1S/C23H22O4/c24-19(15-7-3-1-4-8-15)14-27-23(26)21-18-12-11-17(13-18)20(21)22(25)16-9-5-2-6-10-16/h1-10,17-18,20-21H,11-14H2/t17-,18-,20+,21-/m0/s1. The van der Waals surface area contributed by atoms with E-state index in [1.165, 1.54) is 0 Å². The minimum Gasteiger partial charge on any atom is -0.457 e. The molecule has 0 N–H and O–H groups in total. The molecule has 0 amide bonds. The zero-order valence-corrected chi connectivity index (χ0v) is 15.0. The predicted octanol–water partition coefficient (Wildman–Crippen LogP) is 3.96. The number of ether oxygens (including phenoxy) is 1. The third-order valence-electron chi connectivity index (χ3n) is 5.99. The fourth-order valence-electron chi connectivity index (χ4n) is 4.74. The molecule has 4 atom stereocenters. The maximum atomic E-state index is 13.0. The monoisotopic (exact) mass is 362 g/mol. The summed E-state index contributed by atoms with van der Waals surface area (Å²) in [7, 11) is 0. The highest BCUT2D eigenvalue weighted by Crippen LogP contribution is 2.53. The lowest BCUT2D eigenvalue weighted by molar-refractivity contribution is -0.150. The highest BCUT2D eigenvalue weighted by atomic mass is 16.5. The Labute approximate surface area is 158 Å². The molecular weight excluding hydrogens is 340 g/mol. The lowest BCUT2D eigenvalue weighted by Crippen LogP contribution is -2.36. The summed E-state index contributed by atoms with van der Waals surface area (Å²) < 4.78 is 5.37. The predicted molar refractivity (Wildman–Crippen MR) is 100 cm³/mol. The number of Topliss-reactive ketones (excluding diaryl/α,β-unsaturated/α-hetero) is 2. The Balaban J connectivity index is 1.47. The van der Waals surface area contributed by atoms with E-state index in [0.717, 1.165) is 19.3 Å². The maximum Gasteiger partial charge on any atom is 0.310 e. The number of esters is 1. The minimum absolute atomic E-state index is 0.0270. The third-order valence-corrected chi connectivity index (χ3v) is 5.99. The maximum absolute atomic E-state index is 13.0. The van der Waals surface area contributed by atoms with Crippen LogP contribution in [0.4, 0.5) is 0 Å². The lowest BCUT2D eigenvalue weighted by atomic mass is 9.75. The molecule has 0 aromatic heterocycles. The summed E-state index contributed by atoms with van der Waals surface area (Å²) in [5.41, 5.74) is 1.17. The number of carbonyl (C=O) groups excluding carboxylic acids is 3. The van der Waals surface area contributed by atoms with Crippen LogP contribution in [-0.4, -0.2) is 24.1 Å². The molecule has 2 bridgehead atoms. The Kier molecular flexibility index (Phi) is 4.88. The largest absolute Gasteiger partial charge is 0.457 e. The Bertz CT molecular complexity index is 843. The summed E-state index contributed by atoms with van der Waals surface area (Å²) in [6, 6.07) is 17.9. The van der Waals surface area contributed by atoms with E-state index >= 15 is 0 Å². The van der Waals surface area contributed by atoms with Crippen molar-refractivity contribution in [3.63, 3.8) is 0 Å². The number of ketones is 2. The van der Waals surface area contributed by atoms with Crippen LogP contribution in [-0.2, 0) is 9.53 Å². The molecule has 2 aliphatic carbocycles. The van der Waals surface area contributed by atoms with Crippen LogP contribution in [0, 0.1) is 23.7 Å². The van der Waals surface area contributed by atoms with Crippen LogP contribution in [0.1, 0.15) is 40.0 Å². The molecule has 0 spiro atoms. The second kappa shape index (κ2) is 7.47. The molecule has 2 fully saturated rings. The van der Waals surface area contributed by atoms with Gasteiger partial charge in [-0.3, -0.25) is 14.4 Å². The van der Waals surface area contributed by atoms with Crippen LogP contribution >= 0.6 is 0 Å². The lowest BCUT2D eigenvalue weighted by Gasteiger charge is -2.28. The molecule has 2 aromatic carbocycles. The van der Waals surface area contributed by atoms with Crippen LogP contribution in [0.3, 0.4) is 0 Å². The first-order valence-electron chi connectivity index (χ1n) is 9.49. The van der Waals surface area contributed by atoms with Gasteiger partial charge in [-0.2, -0.15) is 0 Å². The highest BCUT2D eigenvalue weighted by Gasteiger charge is 2.54. The van der Waals surface area contributed by atoms with E-state index in [-0.39, 0.29) is 35.9 Å². The molecule has 0 radical (unpaired) electrons. The number of carbonyl (C=O) groups is 3. The minimum atomic E-state index is -0.431. The summed E-state index contributed by atoms with van der Waals surface area (Å²) in [5, 5.41) is 0. The third kappa shape index (κ3) is 3.44. The Hall–Kier alpha value is -2.75. The van der Waals surface area contributed by atoms with E-state index in [1.54, 1.807) is 36.4 Å². The van der Waals surface area contributed by atoms with Gasteiger partial charge in [0.25, 0.3) is 0 Å². The Morgan fingerprint density at radius 2 is 1.33 bits per heavy atom. The molecule has 27 heavy (non-hydrogen) atoms. The van der Waals surface area contributed by atoms with Crippen LogP contribution < -0.4 is 0 Å². The van der Waals surface area contributed by atoms with Gasteiger partial charge in [-0.05, 0) is 31.1 Å². The van der Waals surface area contributed by atoms with Crippen molar-refractivity contribution in [3.05, 3.63) is 71.8 Å².